The monoisotopic (exact) mass is 377 g/mol. The molecule has 0 saturated carbocycles. The van der Waals surface area contributed by atoms with E-state index in [1.807, 2.05) is 43.3 Å². The van der Waals surface area contributed by atoms with Crippen LogP contribution in [-0.2, 0) is 0 Å². The van der Waals surface area contributed by atoms with E-state index in [1.54, 1.807) is 26.4 Å². The average Bonchev–Trinajstić information content (AvgIpc) is 3.23. The first kappa shape index (κ1) is 17.8. The largest absolute Gasteiger partial charge is 0.493 e. The number of aromatic nitrogens is 3. The van der Waals surface area contributed by atoms with Crippen LogP contribution in [0.3, 0.4) is 0 Å². The van der Waals surface area contributed by atoms with E-state index < -0.39 is 0 Å². The summed E-state index contributed by atoms with van der Waals surface area (Å²) in [5.74, 6) is 2.46. The lowest BCUT2D eigenvalue weighted by Gasteiger charge is -2.08. The van der Waals surface area contributed by atoms with Crippen molar-refractivity contribution in [2.24, 2.45) is 0 Å². The molecule has 0 spiro atoms. The number of rotatable bonds is 6. The second-order valence-electron chi connectivity index (χ2n) is 5.96. The van der Waals surface area contributed by atoms with Crippen molar-refractivity contribution >= 4 is 10.9 Å². The maximum absolute atomic E-state index is 5.71. The summed E-state index contributed by atoms with van der Waals surface area (Å²) in [6.45, 7) is 2.39. The molecule has 2 aromatic carbocycles. The van der Waals surface area contributed by atoms with Crippen molar-refractivity contribution in [3.8, 4) is 40.2 Å². The van der Waals surface area contributed by atoms with Crippen LogP contribution in [0.2, 0.25) is 0 Å². The Morgan fingerprint density at radius 1 is 0.929 bits per heavy atom. The Balaban J connectivity index is 1.78. The fraction of sp³-hybridized carbons (Fsp3) is 0.190. The molecule has 0 radical (unpaired) electrons. The molecule has 142 valence electrons. The Morgan fingerprint density at radius 3 is 2.54 bits per heavy atom. The Labute approximate surface area is 161 Å². The van der Waals surface area contributed by atoms with Gasteiger partial charge in [-0.05, 0) is 37.3 Å². The predicted molar refractivity (Wildman–Crippen MR) is 105 cm³/mol. The summed E-state index contributed by atoms with van der Waals surface area (Å²) < 4.78 is 21.8. The van der Waals surface area contributed by atoms with Crippen molar-refractivity contribution in [1.29, 1.82) is 0 Å². The molecular weight excluding hydrogens is 358 g/mol. The third-order valence-electron chi connectivity index (χ3n) is 4.27. The summed E-state index contributed by atoms with van der Waals surface area (Å²) in [6, 6.07) is 15.2. The summed E-state index contributed by atoms with van der Waals surface area (Å²) in [5.41, 5.74) is 2.25. The normalized spacial score (nSPS) is 10.8. The second-order valence-corrected chi connectivity index (χ2v) is 5.96. The van der Waals surface area contributed by atoms with Crippen LogP contribution in [0.4, 0.5) is 0 Å². The molecule has 0 aliphatic carbocycles. The van der Waals surface area contributed by atoms with Crippen LogP contribution >= 0.6 is 0 Å². The Hall–Kier alpha value is -3.61. The highest BCUT2D eigenvalue weighted by Crippen LogP contribution is 2.34. The van der Waals surface area contributed by atoms with Crippen LogP contribution in [0.5, 0.6) is 17.4 Å². The molecule has 0 amide bonds. The molecule has 0 N–H and O–H groups in total. The maximum Gasteiger partial charge on any atom is 0.258 e. The lowest BCUT2D eigenvalue weighted by atomic mass is 10.1. The molecule has 0 bridgehead atoms. The van der Waals surface area contributed by atoms with Crippen molar-refractivity contribution < 1.29 is 18.7 Å². The third kappa shape index (κ3) is 3.22. The van der Waals surface area contributed by atoms with Crippen LogP contribution in [0.1, 0.15) is 6.92 Å². The van der Waals surface area contributed by atoms with Crippen LogP contribution in [-0.4, -0.2) is 36.0 Å². The molecule has 2 aromatic heterocycles. The van der Waals surface area contributed by atoms with Crippen LogP contribution in [0, 0.1) is 0 Å². The number of ether oxygens (including phenoxy) is 3. The van der Waals surface area contributed by atoms with E-state index >= 15 is 0 Å². The number of pyridine rings is 1. The molecule has 2 heterocycles. The molecule has 0 atom stereocenters. The predicted octanol–water partition coefficient (Wildman–Crippen LogP) is 4.37. The van der Waals surface area contributed by atoms with E-state index in [2.05, 4.69) is 15.1 Å². The lowest BCUT2D eigenvalue weighted by molar-refractivity contribution is 0.329. The first-order valence-electron chi connectivity index (χ1n) is 8.82. The Kier molecular flexibility index (Phi) is 4.80. The number of hydrogen-bond acceptors (Lipinski definition) is 7. The van der Waals surface area contributed by atoms with Gasteiger partial charge < -0.3 is 18.7 Å². The molecular formula is C21H19N3O4. The second kappa shape index (κ2) is 7.56. The minimum Gasteiger partial charge on any atom is -0.493 e. The van der Waals surface area contributed by atoms with E-state index in [0.717, 1.165) is 16.5 Å². The topological polar surface area (TPSA) is 79.5 Å². The van der Waals surface area contributed by atoms with E-state index in [1.165, 1.54) is 0 Å². The van der Waals surface area contributed by atoms with E-state index in [4.69, 9.17) is 18.7 Å². The van der Waals surface area contributed by atoms with Gasteiger partial charge in [-0.2, -0.15) is 4.98 Å². The fourth-order valence-corrected chi connectivity index (χ4v) is 2.92. The first-order valence-corrected chi connectivity index (χ1v) is 8.82. The van der Waals surface area contributed by atoms with Crippen LogP contribution in [0.15, 0.2) is 53.1 Å². The summed E-state index contributed by atoms with van der Waals surface area (Å²) in [6.07, 6.45) is 0. The molecule has 0 fully saturated rings. The standard InChI is InChI=1S/C21H19N3O4/c1-4-27-21-15(11-13-7-5-6-8-16(13)22-21)19-23-20(28-24-19)14-9-10-17(25-2)18(12-14)26-3/h5-12H,4H2,1-3H3. The maximum atomic E-state index is 5.71. The van der Waals surface area contributed by atoms with Gasteiger partial charge in [0.2, 0.25) is 11.7 Å². The van der Waals surface area contributed by atoms with Crippen molar-refractivity contribution in [2.45, 2.75) is 6.92 Å². The first-order chi connectivity index (χ1) is 13.7. The van der Waals surface area contributed by atoms with Gasteiger partial charge in [0.25, 0.3) is 5.89 Å². The highest BCUT2D eigenvalue weighted by atomic mass is 16.5. The molecule has 28 heavy (non-hydrogen) atoms. The van der Waals surface area contributed by atoms with Crippen molar-refractivity contribution in [2.75, 3.05) is 20.8 Å². The minimum atomic E-state index is 0.367. The van der Waals surface area contributed by atoms with Gasteiger partial charge in [-0.1, -0.05) is 23.4 Å². The van der Waals surface area contributed by atoms with Crippen molar-refractivity contribution in [3.63, 3.8) is 0 Å². The third-order valence-corrected chi connectivity index (χ3v) is 4.27. The zero-order valence-corrected chi connectivity index (χ0v) is 15.8. The van der Waals surface area contributed by atoms with E-state index in [-0.39, 0.29) is 0 Å². The molecule has 7 heteroatoms. The highest BCUT2D eigenvalue weighted by Gasteiger charge is 2.18. The lowest BCUT2D eigenvalue weighted by Crippen LogP contribution is -1.98. The molecule has 0 unspecified atom stereocenters. The van der Waals surface area contributed by atoms with Crippen LogP contribution < -0.4 is 14.2 Å². The Morgan fingerprint density at radius 2 is 1.75 bits per heavy atom. The number of hydrogen-bond donors (Lipinski definition) is 0. The van der Waals surface area contributed by atoms with Crippen LogP contribution in [0.25, 0.3) is 33.7 Å². The summed E-state index contributed by atoms with van der Waals surface area (Å²) >= 11 is 0. The van der Waals surface area contributed by atoms with E-state index in [0.29, 0.717) is 41.3 Å². The van der Waals surface area contributed by atoms with Gasteiger partial charge in [0, 0.05) is 10.9 Å². The van der Waals surface area contributed by atoms with Gasteiger partial charge in [-0.3, -0.25) is 0 Å². The van der Waals surface area contributed by atoms with Gasteiger partial charge in [0.1, 0.15) is 0 Å². The zero-order chi connectivity index (χ0) is 19.5. The average molecular weight is 377 g/mol. The number of methoxy groups -OCH3 is 2. The smallest absolute Gasteiger partial charge is 0.258 e. The highest BCUT2D eigenvalue weighted by molar-refractivity contribution is 5.85. The molecule has 0 saturated heterocycles. The number of benzene rings is 2. The summed E-state index contributed by atoms with van der Waals surface area (Å²) in [4.78, 5) is 9.13. The number of fused-ring (bicyclic) bond motifs is 1. The molecule has 4 rings (SSSR count). The summed E-state index contributed by atoms with van der Waals surface area (Å²) in [7, 11) is 3.17. The van der Waals surface area contributed by atoms with Gasteiger partial charge in [-0.25, -0.2) is 4.98 Å². The zero-order valence-electron chi connectivity index (χ0n) is 15.8. The molecule has 4 aromatic rings. The molecule has 7 nitrogen and oxygen atoms in total. The van der Waals surface area contributed by atoms with E-state index in [9.17, 15) is 0 Å². The Bertz CT molecular complexity index is 1120. The van der Waals surface area contributed by atoms with Crippen molar-refractivity contribution in [3.05, 3.63) is 48.5 Å². The molecule has 0 aliphatic rings. The van der Waals surface area contributed by atoms with Gasteiger partial charge >= 0.3 is 0 Å². The fourth-order valence-electron chi connectivity index (χ4n) is 2.92. The SMILES string of the molecule is CCOc1nc2ccccc2cc1-c1noc(-c2ccc(OC)c(OC)c2)n1. The van der Waals surface area contributed by atoms with Gasteiger partial charge in [0.05, 0.1) is 31.9 Å². The minimum absolute atomic E-state index is 0.367. The van der Waals surface area contributed by atoms with Crippen molar-refractivity contribution in [1.82, 2.24) is 15.1 Å². The number of para-hydroxylation sites is 1. The van der Waals surface area contributed by atoms with Gasteiger partial charge in [-0.15, -0.1) is 0 Å². The molecule has 0 aliphatic heterocycles. The van der Waals surface area contributed by atoms with Gasteiger partial charge in [0.15, 0.2) is 11.5 Å². The summed E-state index contributed by atoms with van der Waals surface area (Å²) in [5, 5.41) is 5.10. The number of nitrogens with zero attached hydrogens (tertiary/aromatic N) is 3. The quantitative estimate of drug-likeness (QED) is 0.494.